The Labute approximate surface area is 158 Å². The van der Waals surface area contributed by atoms with E-state index in [-0.39, 0.29) is 40.9 Å². The van der Waals surface area contributed by atoms with E-state index in [4.69, 9.17) is 0 Å². The third-order valence-electron chi connectivity index (χ3n) is 4.74. The number of nitrogens with zero attached hydrogens (tertiary/aromatic N) is 3. The molecule has 8 nitrogen and oxygen atoms in total. The number of nitrogens with one attached hydrogen (secondary N) is 1. The summed E-state index contributed by atoms with van der Waals surface area (Å²) < 4.78 is 25.2. The van der Waals surface area contributed by atoms with Gasteiger partial charge < -0.3 is 10.2 Å². The van der Waals surface area contributed by atoms with Crippen LogP contribution in [0.5, 0.6) is 0 Å². The molecule has 1 unspecified atom stereocenters. The largest absolute Gasteiger partial charge is 0.349 e. The van der Waals surface area contributed by atoms with Crippen molar-refractivity contribution >= 4 is 27.2 Å². The summed E-state index contributed by atoms with van der Waals surface area (Å²) in [6.45, 7) is 4.66. The lowest BCUT2D eigenvalue weighted by atomic mass is 10.2. The lowest BCUT2D eigenvalue weighted by Crippen LogP contribution is -2.41. The number of hydrogen-bond acceptors (Lipinski definition) is 5. The fourth-order valence-electron chi connectivity index (χ4n) is 3.40. The number of pyridine rings is 1. The van der Waals surface area contributed by atoms with E-state index in [9.17, 15) is 18.0 Å². The van der Waals surface area contributed by atoms with E-state index in [2.05, 4.69) is 10.3 Å². The standard InChI is InChI=1S/C18H24N4O4S/c1-3-9-19-17(23)16-20-15(14-7-5-6-10-22(14)16)18(24)21(4-2)13-8-11-27(25,26)12-13/h5-7,10,13H,3-4,8-9,11-12H2,1-2H3,(H,19,23). The molecule has 0 radical (unpaired) electrons. The van der Waals surface area contributed by atoms with E-state index in [1.807, 2.05) is 13.8 Å². The zero-order valence-corrected chi connectivity index (χ0v) is 16.3. The highest BCUT2D eigenvalue weighted by molar-refractivity contribution is 7.91. The van der Waals surface area contributed by atoms with Crippen molar-refractivity contribution in [1.29, 1.82) is 0 Å². The highest BCUT2D eigenvalue weighted by Gasteiger charge is 2.35. The van der Waals surface area contributed by atoms with Gasteiger partial charge in [0.15, 0.2) is 15.5 Å². The molecule has 2 aromatic heterocycles. The zero-order chi connectivity index (χ0) is 19.6. The predicted octanol–water partition coefficient (Wildman–Crippen LogP) is 1.12. The Bertz CT molecular complexity index is 967. The van der Waals surface area contributed by atoms with Crippen LogP contribution in [-0.4, -0.2) is 65.2 Å². The van der Waals surface area contributed by atoms with E-state index in [0.29, 0.717) is 25.0 Å². The van der Waals surface area contributed by atoms with Gasteiger partial charge in [-0.3, -0.25) is 14.0 Å². The number of hydrogen-bond donors (Lipinski definition) is 1. The minimum absolute atomic E-state index is 0.0256. The zero-order valence-electron chi connectivity index (χ0n) is 15.5. The van der Waals surface area contributed by atoms with Crippen LogP contribution >= 0.6 is 0 Å². The van der Waals surface area contributed by atoms with E-state index < -0.39 is 9.84 Å². The first-order chi connectivity index (χ1) is 12.9. The Hall–Kier alpha value is -2.42. The maximum absolute atomic E-state index is 13.2. The molecule has 1 saturated heterocycles. The molecule has 27 heavy (non-hydrogen) atoms. The average molecular weight is 392 g/mol. The van der Waals surface area contributed by atoms with Crippen LogP contribution in [0.3, 0.4) is 0 Å². The minimum atomic E-state index is -3.11. The lowest BCUT2D eigenvalue weighted by molar-refractivity contribution is 0.0705. The first-order valence-corrected chi connectivity index (χ1v) is 11.0. The smallest absolute Gasteiger partial charge is 0.287 e. The fraction of sp³-hybridized carbons (Fsp3) is 0.500. The fourth-order valence-corrected chi connectivity index (χ4v) is 5.13. The molecular weight excluding hydrogens is 368 g/mol. The van der Waals surface area contributed by atoms with Crippen molar-refractivity contribution in [1.82, 2.24) is 19.6 Å². The summed E-state index contributed by atoms with van der Waals surface area (Å²) in [6.07, 6.45) is 2.91. The van der Waals surface area contributed by atoms with E-state index in [0.717, 1.165) is 6.42 Å². The Morgan fingerprint density at radius 3 is 2.74 bits per heavy atom. The molecule has 1 aliphatic heterocycles. The SMILES string of the molecule is CCCNC(=O)c1nc(C(=O)N(CC)C2CCS(=O)(=O)C2)c2ccccn12. The van der Waals surface area contributed by atoms with E-state index in [1.165, 1.54) is 0 Å². The molecule has 1 N–H and O–H groups in total. The molecule has 2 aromatic rings. The van der Waals surface area contributed by atoms with Gasteiger partial charge in [0.1, 0.15) is 0 Å². The normalized spacial score (nSPS) is 18.5. The van der Waals surface area contributed by atoms with Crippen LogP contribution in [0.25, 0.3) is 5.52 Å². The third kappa shape index (κ3) is 3.83. The van der Waals surface area contributed by atoms with E-state index >= 15 is 0 Å². The van der Waals surface area contributed by atoms with Crippen LogP contribution in [-0.2, 0) is 9.84 Å². The summed E-state index contributed by atoms with van der Waals surface area (Å²) in [5.74, 6) is -0.475. The van der Waals surface area contributed by atoms with Gasteiger partial charge in [-0.05, 0) is 31.9 Å². The first-order valence-electron chi connectivity index (χ1n) is 9.14. The Morgan fingerprint density at radius 2 is 2.11 bits per heavy atom. The molecule has 0 bridgehead atoms. The van der Waals surface area contributed by atoms with Gasteiger partial charge >= 0.3 is 0 Å². The van der Waals surface area contributed by atoms with Gasteiger partial charge in [0, 0.05) is 25.3 Å². The van der Waals surface area contributed by atoms with Crippen molar-refractivity contribution in [3.63, 3.8) is 0 Å². The molecule has 3 rings (SSSR count). The summed E-state index contributed by atoms with van der Waals surface area (Å²) in [6, 6.07) is 4.92. The molecule has 146 valence electrons. The number of aromatic nitrogens is 2. The Kier molecular flexibility index (Phi) is 5.50. The molecule has 1 fully saturated rings. The second-order valence-corrected chi connectivity index (χ2v) is 8.87. The number of carbonyl (C=O) groups is 2. The van der Waals surface area contributed by atoms with Gasteiger partial charge in [-0.1, -0.05) is 13.0 Å². The van der Waals surface area contributed by atoms with Gasteiger partial charge in [-0.15, -0.1) is 0 Å². The molecule has 1 aliphatic rings. The van der Waals surface area contributed by atoms with Gasteiger partial charge in [-0.2, -0.15) is 0 Å². The van der Waals surface area contributed by atoms with Crippen molar-refractivity contribution in [2.24, 2.45) is 0 Å². The van der Waals surface area contributed by atoms with Gasteiger partial charge in [0.25, 0.3) is 11.8 Å². The highest BCUT2D eigenvalue weighted by atomic mass is 32.2. The predicted molar refractivity (Wildman–Crippen MR) is 102 cm³/mol. The lowest BCUT2D eigenvalue weighted by Gasteiger charge is -2.26. The summed E-state index contributed by atoms with van der Waals surface area (Å²) in [4.78, 5) is 31.5. The summed E-state index contributed by atoms with van der Waals surface area (Å²) in [5.41, 5.74) is 0.701. The molecule has 0 saturated carbocycles. The van der Waals surface area contributed by atoms with Crippen molar-refractivity contribution in [2.75, 3.05) is 24.6 Å². The van der Waals surface area contributed by atoms with Gasteiger partial charge in [0.2, 0.25) is 5.82 Å². The van der Waals surface area contributed by atoms with Gasteiger partial charge in [-0.25, -0.2) is 13.4 Å². The molecule has 2 amide bonds. The quantitative estimate of drug-likeness (QED) is 0.794. The minimum Gasteiger partial charge on any atom is -0.349 e. The number of rotatable bonds is 6. The summed E-state index contributed by atoms with van der Waals surface area (Å²) in [5, 5.41) is 2.78. The second-order valence-electron chi connectivity index (χ2n) is 6.64. The first kappa shape index (κ1) is 19.3. The average Bonchev–Trinajstić information content (AvgIpc) is 3.20. The van der Waals surface area contributed by atoms with Crippen LogP contribution in [0.15, 0.2) is 24.4 Å². The molecule has 0 aromatic carbocycles. The molecule has 0 spiro atoms. The number of carbonyl (C=O) groups excluding carboxylic acids is 2. The molecule has 3 heterocycles. The van der Waals surface area contributed by atoms with Crippen LogP contribution in [0.4, 0.5) is 0 Å². The number of amides is 2. The maximum Gasteiger partial charge on any atom is 0.287 e. The third-order valence-corrected chi connectivity index (χ3v) is 6.49. The highest BCUT2D eigenvalue weighted by Crippen LogP contribution is 2.22. The molecule has 9 heteroatoms. The number of imidazole rings is 1. The number of sulfone groups is 1. The molecule has 0 aliphatic carbocycles. The molecule has 1 atom stereocenters. The maximum atomic E-state index is 13.2. The van der Waals surface area contributed by atoms with Crippen molar-refractivity contribution in [2.45, 2.75) is 32.7 Å². The Morgan fingerprint density at radius 1 is 1.33 bits per heavy atom. The van der Waals surface area contributed by atoms with Crippen molar-refractivity contribution < 1.29 is 18.0 Å². The second kappa shape index (κ2) is 7.67. The van der Waals surface area contributed by atoms with Crippen LogP contribution in [0.1, 0.15) is 47.8 Å². The Balaban J connectivity index is 1.98. The topological polar surface area (TPSA) is 101 Å². The monoisotopic (exact) mass is 392 g/mol. The van der Waals surface area contributed by atoms with E-state index in [1.54, 1.807) is 33.7 Å². The van der Waals surface area contributed by atoms with Gasteiger partial charge in [0.05, 0.1) is 17.0 Å². The van der Waals surface area contributed by atoms with Crippen LogP contribution in [0.2, 0.25) is 0 Å². The molecular formula is C18H24N4O4S. The summed E-state index contributed by atoms with van der Waals surface area (Å²) in [7, 11) is -3.11. The number of fused-ring (bicyclic) bond motifs is 1. The summed E-state index contributed by atoms with van der Waals surface area (Å²) >= 11 is 0. The van der Waals surface area contributed by atoms with Crippen molar-refractivity contribution in [3.05, 3.63) is 35.9 Å². The van der Waals surface area contributed by atoms with Crippen LogP contribution < -0.4 is 5.32 Å². The van der Waals surface area contributed by atoms with Crippen molar-refractivity contribution in [3.8, 4) is 0 Å². The van der Waals surface area contributed by atoms with Crippen LogP contribution in [0, 0.1) is 0 Å².